The number of methoxy groups -OCH3 is 2. The number of carbonyl (C=O) groups excluding carboxylic acids is 4. The van der Waals surface area contributed by atoms with Crippen LogP contribution in [-0.4, -0.2) is 66.1 Å². The van der Waals surface area contributed by atoms with E-state index in [0.29, 0.717) is 22.3 Å². The third kappa shape index (κ3) is 2.78. The molecule has 2 amide bonds. The summed E-state index contributed by atoms with van der Waals surface area (Å²) in [5.74, 6) is -3.01. The predicted molar refractivity (Wildman–Crippen MR) is 105 cm³/mol. The summed E-state index contributed by atoms with van der Waals surface area (Å²) < 4.78 is 9.85. The van der Waals surface area contributed by atoms with Crippen molar-refractivity contribution in [3.05, 3.63) is 29.3 Å². The second-order valence-electron chi connectivity index (χ2n) is 7.20. The molecule has 154 valence electrons. The van der Waals surface area contributed by atoms with Crippen molar-refractivity contribution in [2.75, 3.05) is 30.7 Å². The van der Waals surface area contributed by atoms with Gasteiger partial charge < -0.3 is 9.47 Å². The van der Waals surface area contributed by atoms with Gasteiger partial charge in [-0.2, -0.15) is 0 Å². The summed E-state index contributed by atoms with van der Waals surface area (Å²) in [4.78, 5) is 55.0. The maximum atomic E-state index is 13.5. The van der Waals surface area contributed by atoms with E-state index in [1.807, 2.05) is 0 Å². The molecule has 3 saturated heterocycles. The van der Waals surface area contributed by atoms with E-state index in [9.17, 15) is 19.2 Å². The Morgan fingerprint density at radius 3 is 2.48 bits per heavy atom. The molecule has 0 aliphatic carbocycles. The molecule has 3 aliphatic rings. The lowest BCUT2D eigenvalue weighted by Gasteiger charge is -2.37. The fraction of sp³-hybridized carbons (Fsp3) is 0.474. The maximum absolute atomic E-state index is 13.5. The average Bonchev–Trinajstić information content (AvgIpc) is 3.36. The number of hydrogen-bond donors (Lipinski definition) is 0. The number of benzene rings is 1. The summed E-state index contributed by atoms with van der Waals surface area (Å²) in [6, 6.07) is 6.00. The first-order chi connectivity index (χ1) is 13.9. The number of amides is 2. The van der Waals surface area contributed by atoms with E-state index in [4.69, 9.17) is 21.1 Å². The molecule has 0 aromatic heterocycles. The smallest absolute Gasteiger partial charge is 0.327 e. The summed E-state index contributed by atoms with van der Waals surface area (Å²) in [5, 5.41) is 0.473. The summed E-state index contributed by atoms with van der Waals surface area (Å²) in [6.45, 7) is 0. The second kappa shape index (κ2) is 7.30. The van der Waals surface area contributed by atoms with Gasteiger partial charge in [-0.15, -0.1) is 11.8 Å². The Balaban J connectivity index is 1.84. The highest BCUT2D eigenvalue weighted by atomic mass is 35.5. The Kier molecular flexibility index (Phi) is 5.08. The predicted octanol–water partition coefficient (Wildman–Crippen LogP) is 1.31. The average molecular weight is 439 g/mol. The van der Waals surface area contributed by atoms with Gasteiger partial charge in [0, 0.05) is 22.7 Å². The minimum atomic E-state index is -1.57. The van der Waals surface area contributed by atoms with Gasteiger partial charge in [0.05, 0.1) is 38.2 Å². The highest BCUT2D eigenvalue weighted by Gasteiger charge is 2.73. The van der Waals surface area contributed by atoms with E-state index < -0.39 is 35.2 Å². The van der Waals surface area contributed by atoms with Crippen LogP contribution >= 0.6 is 23.4 Å². The minimum absolute atomic E-state index is 0.345. The maximum Gasteiger partial charge on any atom is 0.327 e. The van der Waals surface area contributed by atoms with Gasteiger partial charge >= 0.3 is 11.9 Å². The first kappa shape index (κ1) is 20.2. The number of nitrogens with zero attached hydrogens (tertiary/aromatic N) is 2. The number of ether oxygens (including phenoxy) is 2. The van der Waals surface area contributed by atoms with Crippen molar-refractivity contribution < 1.29 is 28.7 Å². The van der Waals surface area contributed by atoms with E-state index in [2.05, 4.69) is 0 Å². The lowest BCUT2D eigenvalue weighted by molar-refractivity contribution is -0.164. The van der Waals surface area contributed by atoms with Gasteiger partial charge in [0.2, 0.25) is 11.8 Å². The normalized spacial score (nSPS) is 31.0. The van der Waals surface area contributed by atoms with Crippen LogP contribution in [0, 0.1) is 11.8 Å². The SMILES string of the molecule is COC(=O)C[C@]1(C(=O)OC)[C@@H]2C(=O)N(c3ccc(Cl)cc3)C(=O)[C@@H]2[C@@H]2CSCN21. The topological polar surface area (TPSA) is 93.2 Å². The molecule has 4 atom stereocenters. The quantitative estimate of drug-likeness (QED) is 0.513. The van der Waals surface area contributed by atoms with Crippen molar-refractivity contribution in [3.63, 3.8) is 0 Å². The molecule has 8 nitrogen and oxygen atoms in total. The summed E-state index contributed by atoms with van der Waals surface area (Å²) in [7, 11) is 2.43. The highest BCUT2D eigenvalue weighted by molar-refractivity contribution is 7.99. The van der Waals surface area contributed by atoms with Crippen molar-refractivity contribution in [2.24, 2.45) is 11.8 Å². The third-order valence-corrected chi connectivity index (χ3v) is 7.27. The Morgan fingerprint density at radius 2 is 1.86 bits per heavy atom. The van der Waals surface area contributed by atoms with E-state index in [-0.39, 0.29) is 18.4 Å². The molecule has 0 N–H and O–H groups in total. The van der Waals surface area contributed by atoms with Gasteiger partial charge in [-0.05, 0) is 24.3 Å². The molecule has 0 saturated carbocycles. The first-order valence-electron chi connectivity index (χ1n) is 9.00. The minimum Gasteiger partial charge on any atom is -0.469 e. The van der Waals surface area contributed by atoms with Crippen LogP contribution in [0.15, 0.2) is 24.3 Å². The molecule has 3 fully saturated rings. The van der Waals surface area contributed by atoms with Crippen LogP contribution in [0.25, 0.3) is 0 Å². The van der Waals surface area contributed by atoms with Crippen LogP contribution in [-0.2, 0) is 28.7 Å². The molecule has 29 heavy (non-hydrogen) atoms. The summed E-state index contributed by atoms with van der Waals surface area (Å²) in [6.07, 6.45) is -0.359. The number of halogens is 1. The van der Waals surface area contributed by atoms with Gasteiger partial charge in [-0.25, -0.2) is 4.90 Å². The Morgan fingerprint density at radius 1 is 1.17 bits per heavy atom. The second-order valence-corrected chi connectivity index (χ2v) is 8.63. The zero-order valence-corrected chi connectivity index (χ0v) is 17.4. The fourth-order valence-corrected chi connectivity index (χ4v) is 6.25. The molecule has 0 unspecified atom stereocenters. The standard InChI is InChI=1S/C19H19ClN2O6S/c1-27-13(23)7-19(18(26)28-2)15-14(12-8-29-9-21(12)19)16(24)22(17(15)25)11-5-3-10(20)4-6-11/h3-6,12,14-15H,7-9H2,1-2H3/t12-,14+,15-,19+/m0/s1. The number of anilines is 1. The third-order valence-electron chi connectivity index (χ3n) is 5.98. The van der Waals surface area contributed by atoms with Crippen molar-refractivity contribution in [1.29, 1.82) is 0 Å². The highest BCUT2D eigenvalue weighted by Crippen LogP contribution is 2.55. The number of rotatable bonds is 4. The molecule has 0 radical (unpaired) electrons. The van der Waals surface area contributed by atoms with Crippen LogP contribution in [0.5, 0.6) is 0 Å². The number of carbonyl (C=O) groups is 4. The molecule has 0 spiro atoms. The van der Waals surface area contributed by atoms with Crippen LogP contribution in [0.1, 0.15) is 6.42 Å². The van der Waals surface area contributed by atoms with Crippen molar-refractivity contribution in [1.82, 2.24) is 4.90 Å². The number of esters is 2. The van der Waals surface area contributed by atoms with Crippen LogP contribution in [0.2, 0.25) is 5.02 Å². The van der Waals surface area contributed by atoms with Crippen molar-refractivity contribution >= 4 is 52.8 Å². The van der Waals surface area contributed by atoms with Gasteiger partial charge in [0.15, 0.2) is 0 Å². The molecule has 3 aliphatic heterocycles. The lowest BCUT2D eigenvalue weighted by atomic mass is 9.77. The van der Waals surface area contributed by atoms with Gasteiger partial charge in [-0.1, -0.05) is 11.6 Å². The molecular formula is C19H19ClN2O6S. The van der Waals surface area contributed by atoms with Crippen LogP contribution in [0.3, 0.4) is 0 Å². The van der Waals surface area contributed by atoms with Gasteiger partial charge in [0.1, 0.15) is 5.54 Å². The fourth-order valence-electron chi connectivity index (χ4n) is 4.77. The van der Waals surface area contributed by atoms with Crippen LogP contribution in [0.4, 0.5) is 5.69 Å². The lowest BCUT2D eigenvalue weighted by Crippen LogP contribution is -2.59. The van der Waals surface area contributed by atoms with Gasteiger partial charge in [0.25, 0.3) is 0 Å². The largest absolute Gasteiger partial charge is 0.469 e. The van der Waals surface area contributed by atoms with Crippen molar-refractivity contribution in [2.45, 2.75) is 18.0 Å². The molecule has 10 heteroatoms. The van der Waals surface area contributed by atoms with E-state index in [1.165, 1.54) is 14.2 Å². The number of thioether (sulfide) groups is 1. The van der Waals surface area contributed by atoms with Crippen molar-refractivity contribution in [3.8, 4) is 0 Å². The molecule has 1 aromatic carbocycles. The number of hydrogen-bond acceptors (Lipinski definition) is 8. The molecule has 3 heterocycles. The van der Waals surface area contributed by atoms with Gasteiger partial charge in [-0.3, -0.25) is 24.1 Å². The first-order valence-corrected chi connectivity index (χ1v) is 10.5. The summed E-state index contributed by atoms with van der Waals surface area (Å²) in [5.41, 5.74) is -1.19. The monoisotopic (exact) mass is 438 g/mol. The van der Waals surface area contributed by atoms with E-state index in [0.717, 1.165) is 4.90 Å². The van der Waals surface area contributed by atoms with Crippen LogP contribution < -0.4 is 4.90 Å². The number of fused-ring (bicyclic) bond motifs is 3. The van der Waals surface area contributed by atoms with E-state index in [1.54, 1.807) is 40.9 Å². The zero-order valence-electron chi connectivity index (χ0n) is 15.8. The summed E-state index contributed by atoms with van der Waals surface area (Å²) >= 11 is 7.48. The van der Waals surface area contributed by atoms with E-state index >= 15 is 0 Å². The molecule has 1 aromatic rings. The Labute approximate surface area is 176 Å². The molecular weight excluding hydrogens is 420 g/mol. The molecule has 4 rings (SSSR count). The zero-order chi connectivity index (χ0) is 20.9. The Hall–Kier alpha value is -2.10. The number of imide groups is 1. The molecule has 0 bridgehead atoms. The Bertz CT molecular complexity index is 893.